The van der Waals surface area contributed by atoms with E-state index in [0.29, 0.717) is 27.7 Å². The highest BCUT2D eigenvalue weighted by Crippen LogP contribution is 2.33. The number of benzene rings is 2. The molecule has 0 aliphatic carbocycles. The second-order valence-corrected chi connectivity index (χ2v) is 8.53. The van der Waals surface area contributed by atoms with Gasteiger partial charge in [0.1, 0.15) is 6.54 Å². The number of anilines is 1. The molecule has 0 radical (unpaired) electrons. The van der Waals surface area contributed by atoms with Crippen molar-refractivity contribution in [3.05, 3.63) is 58.7 Å². The number of aliphatic imine (C=N–C) groups is 1. The predicted octanol–water partition coefficient (Wildman–Crippen LogP) is 3.01. The summed E-state index contributed by atoms with van der Waals surface area (Å²) < 4.78 is 23.8. The van der Waals surface area contributed by atoms with Crippen molar-refractivity contribution in [1.82, 2.24) is 4.98 Å². The van der Waals surface area contributed by atoms with Crippen LogP contribution in [0.4, 0.5) is 5.69 Å². The summed E-state index contributed by atoms with van der Waals surface area (Å²) in [5.74, 6) is -0.249. The number of sulfone groups is 1. The molecule has 0 atom stereocenters. The maximum atomic E-state index is 12.1. The van der Waals surface area contributed by atoms with E-state index in [9.17, 15) is 13.2 Å². The van der Waals surface area contributed by atoms with E-state index in [-0.39, 0.29) is 17.3 Å². The Morgan fingerprint density at radius 1 is 1.15 bits per heavy atom. The summed E-state index contributed by atoms with van der Waals surface area (Å²) in [6, 6.07) is 11.9. The van der Waals surface area contributed by atoms with Gasteiger partial charge >= 0.3 is 0 Å². The van der Waals surface area contributed by atoms with Gasteiger partial charge in [0.25, 0.3) is 0 Å². The van der Waals surface area contributed by atoms with E-state index in [1.165, 1.54) is 6.07 Å². The first-order valence-corrected chi connectivity index (χ1v) is 10.1. The van der Waals surface area contributed by atoms with Crippen molar-refractivity contribution in [3.8, 4) is 0 Å². The smallest absolute Gasteiger partial charge is 0.246 e. The minimum atomic E-state index is -3.36. The Kier molecular flexibility index (Phi) is 3.86. The summed E-state index contributed by atoms with van der Waals surface area (Å²) in [6.45, 7) is -0.0526. The van der Waals surface area contributed by atoms with Gasteiger partial charge in [0.15, 0.2) is 9.84 Å². The van der Waals surface area contributed by atoms with Crippen molar-refractivity contribution in [2.75, 3.05) is 18.1 Å². The molecule has 2 heterocycles. The first-order valence-electron chi connectivity index (χ1n) is 7.79. The highest BCUT2D eigenvalue weighted by molar-refractivity contribution is 7.90. The molecule has 2 N–H and O–H groups in total. The van der Waals surface area contributed by atoms with Crippen molar-refractivity contribution in [1.29, 1.82) is 0 Å². The van der Waals surface area contributed by atoms with Crippen LogP contribution in [0.25, 0.3) is 10.9 Å². The summed E-state index contributed by atoms with van der Waals surface area (Å²) >= 11 is 6.10. The number of nitrogens with one attached hydrogen (secondary N) is 2. The van der Waals surface area contributed by atoms with Gasteiger partial charge in [0, 0.05) is 27.7 Å². The third-order valence-electron chi connectivity index (χ3n) is 4.18. The molecule has 3 aromatic rings. The second kappa shape index (κ2) is 5.96. The molecule has 0 saturated carbocycles. The number of H-pyrrole nitrogens is 1. The van der Waals surface area contributed by atoms with Crippen LogP contribution in [-0.4, -0.2) is 37.8 Å². The number of aromatic nitrogens is 1. The predicted molar refractivity (Wildman–Crippen MR) is 102 cm³/mol. The summed E-state index contributed by atoms with van der Waals surface area (Å²) in [5, 5.41) is 4.18. The Morgan fingerprint density at radius 2 is 1.96 bits per heavy atom. The van der Waals surface area contributed by atoms with Gasteiger partial charge in [-0.25, -0.2) is 8.42 Å². The average molecular weight is 388 g/mol. The maximum absolute atomic E-state index is 12.1. The Balaban J connectivity index is 1.96. The topological polar surface area (TPSA) is 91.4 Å². The highest BCUT2D eigenvalue weighted by atomic mass is 35.5. The second-order valence-electron chi connectivity index (χ2n) is 6.08. The fourth-order valence-corrected chi connectivity index (χ4v) is 3.83. The van der Waals surface area contributed by atoms with E-state index in [4.69, 9.17) is 11.6 Å². The van der Waals surface area contributed by atoms with Crippen molar-refractivity contribution in [2.45, 2.75) is 4.90 Å². The van der Waals surface area contributed by atoms with Crippen LogP contribution in [-0.2, 0) is 14.6 Å². The highest BCUT2D eigenvalue weighted by Gasteiger charge is 2.23. The van der Waals surface area contributed by atoms with E-state index < -0.39 is 9.84 Å². The molecule has 6 nitrogen and oxygen atoms in total. The molecule has 1 aliphatic rings. The molecular weight excluding hydrogens is 374 g/mol. The number of aromatic amines is 1. The quantitative estimate of drug-likeness (QED) is 0.708. The average Bonchev–Trinajstić information content (AvgIpc) is 2.83. The van der Waals surface area contributed by atoms with Crippen molar-refractivity contribution < 1.29 is 13.2 Å². The molecule has 0 saturated heterocycles. The molecule has 4 rings (SSSR count). The van der Waals surface area contributed by atoms with E-state index >= 15 is 0 Å². The zero-order chi connectivity index (χ0) is 18.5. The van der Waals surface area contributed by atoms with Gasteiger partial charge in [-0.3, -0.25) is 9.79 Å². The summed E-state index contributed by atoms with van der Waals surface area (Å²) in [6.07, 6.45) is 1.16. The number of amides is 1. The van der Waals surface area contributed by atoms with E-state index in [1.54, 1.807) is 30.3 Å². The molecule has 1 aromatic heterocycles. The van der Waals surface area contributed by atoms with Gasteiger partial charge in [0.2, 0.25) is 5.91 Å². The van der Waals surface area contributed by atoms with Crippen LogP contribution in [0.1, 0.15) is 11.3 Å². The molecule has 1 aliphatic heterocycles. The van der Waals surface area contributed by atoms with Crippen LogP contribution < -0.4 is 5.32 Å². The van der Waals surface area contributed by atoms with Crippen LogP contribution in [0, 0.1) is 0 Å². The lowest BCUT2D eigenvalue weighted by atomic mass is 10.1. The number of halogens is 1. The number of fused-ring (bicyclic) bond motifs is 3. The minimum Gasteiger partial charge on any atom is -0.351 e. The third kappa shape index (κ3) is 2.89. The van der Waals surface area contributed by atoms with Gasteiger partial charge in [-0.15, -0.1) is 0 Å². The lowest BCUT2D eigenvalue weighted by molar-refractivity contribution is -0.114. The minimum absolute atomic E-state index is 0.0526. The van der Waals surface area contributed by atoms with Crippen molar-refractivity contribution in [2.24, 2.45) is 4.99 Å². The Bertz CT molecular complexity index is 1200. The lowest BCUT2D eigenvalue weighted by Crippen LogP contribution is -2.13. The third-order valence-corrected chi connectivity index (χ3v) is 5.52. The van der Waals surface area contributed by atoms with E-state index in [2.05, 4.69) is 15.3 Å². The largest absolute Gasteiger partial charge is 0.351 e. The van der Waals surface area contributed by atoms with Crippen LogP contribution in [0.5, 0.6) is 0 Å². The number of rotatable bonds is 2. The number of carbonyl (C=O) groups is 1. The fourth-order valence-electron chi connectivity index (χ4n) is 2.99. The molecule has 0 unspecified atom stereocenters. The van der Waals surface area contributed by atoms with Gasteiger partial charge in [-0.1, -0.05) is 23.7 Å². The van der Waals surface area contributed by atoms with Crippen LogP contribution in [0.15, 0.2) is 52.4 Å². The van der Waals surface area contributed by atoms with Crippen molar-refractivity contribution >= 4 is 49.6 Å². The maximum Gasteiger partial charge on any atom is 0.246 e. The fraction of sp³-hybridized carbons (Fsp3) is 0.111. The lowest BCUT2D eigenvalue weighted by Gasteiger charge is -2.07. The van der Waals surface area contributed by atoms with Gasteiger partial charge in [0.05, 0.1) is 22.0 Å². The monoisotopic (exact) mass is 387 g/mol. The zero-order valence-corrected chi connectivity index (χ0v) is 15.3. The van der Waals surface area contributed by atoms with Crippen LogP contribution in [0.2, 0.25) is 5.02 Å². The zero-order valence-electron chi connectivity index (χ0n) is 13.7. The van der Waals surface area contributed by atoms with Crippen LogP contribution in [0.3, 0.4) is 0 Å². The summed E-state index contributed by atoms with van der Waals surface area (Å²) in [4.78, 5) is 20.0. The number of hydrogen-bond donors (Lipinski definition) is 2. The molecular formula is C18H14ClN3O3S. The number of carbonyl (C=O) groups excluding carboxylic acids is 1. The van der Waals surface area contributed by atoms with Gasteiger partial charge < -0.3 is 10.3 Å². The number of hydrogen-bond acceptors (Lipinski definition) is 4. The summed E-state index contributed by atoms with van der Waals surface area (Å²) in [7, 11) is -3.36. The first-order chi connectivity index (χ1) is 12.3. The van der Waals surface area contributed by atoms with E-state index in [0.717, 1.165) is 17.2 Å². The Morgan fingerprint density at radius 3 is 2.73 bits per heavy atom. The first kappa shape index (κ1) is 16.8. The molecule has 2 aromatic carbocycles. The van der Waals surface area contributed by atoms with Crippen molar-refractivity contribution in [3.63, 3.8) is 0 Å². The molecule has 0 spiro atoms. The molecule has 1 amide bonds. The summed E-state index contributed by atoms with van der Waals surface area (Å²) in [5.41, 5.74) is 3.15. The Labute approximate surface area is 154 Å². The standard InChI is InChI=1S/C18H14ClN3O3S/c1-26(24,25)12-4-2-3-10(7-12)16-18-17(22-15(23)9-20-16)13-8-11(19)5-6-14(13)21-18/h2-8,21H,9H2,1H3,(H,22,23). The number of nitrogens with zero attached hydrogens (tertiary/aromatic N) is 1. The molecule has 0 fully saturated rings. The SMILES string of the molecule is CS(=O)(=O)c1cccc(C2=NCC(=O)Nc3c2[nH]c2ccc(Cl)cc32)c1. The molecule has 132 valence electrons. The molecule has 26 heavy (non-hydrogen) atoms. The Hall–Kier alpha value is -2.64. The van der Waals surface area contributed by atoms with Gasteiger partial charge in [-0.05, 0) is 30.3 Å². The molecule has 8 heteroatoms. The van der Waals surface area contributed by atoms with E-state index in [1.807, 2.05) is 6.07 Å². The van der Waals surface area contributed by atoms with Gasteiger partial charge in [-0.2, -0.15) is 0 Å². The molecule has 0 bridgehead atoms. The normalized spacial score (nSPS) is 14.5. The van der Waals surface area contributed by atoms with Crippen LogP contribution >= 0.6 is 11.6 Å².